The van der Waals surface area contributed by atoms with Crippen LogP contribution in [-0.4, -0.2) is 14.2 Å². The smallest absolute Gasteiger partial charge is 0.118 e. The van der Waals surface area contributed by atoms with Gasteiger partial charge in [0.05, 0.1) is 14.2 Å². The average molecular weight is 376 g/mol. The summed E-state index contributed by atoms with van der Waals surface area (Å²) in [5.74, 6) is 1.79. The van der Waals surface area contributed by atoms with Crippen molar-refractivity contribution in [1.29, 1.82) is 0 Å². The van der Waals surface area contributed by atoms with Crippen molar-refractivity contribution >= 4 is 23.8 Å². The molecule has 0 saturated heterocycles. The van der Waals surface area contributed by atoms with Crippen LogP contribution in [-0.2, 0) is 12.8 Å². The van der Waals surface area contributed by atoms with Crippen LogP contribution in [0, 0.1) is 0 Å². The first-order valence-corrected chi connectivity index (χ1v) is 10.8. The molecule has 0 amide bonds. The summed E-state index contributed by atoms with van der Waals surface area (Å²) in [5.41, 5.74) is 3.07. The van der Waals surface area contributed by atoms with Crippen molar-refractivity contribution in [3.63, 3.8) is 0 Å². The van der Waals surface area contributed by atoms with Crippen molar-refractivity contribution in [3.05, 3.63) is 77.9 Å². The first-order valence-electron chi connectivity index (χ1n) is 9.48. The molecule has 0 aromatic heterocycles. The average Bonchev–Trinajstić information content (AvgIpc) is 2.75. The number of ether oxygens (including phenoxy) is 2. The first-order chi connectivity index (χ1) is 13.3. The summed E-state index contributed by atoms with van der Waals surface area (Å²) in [4.78, 5) is 0. The minimum atomic E-state index is -0.607. The Hall–Kier alpha value is -2.31. The molecule has 0 unspecified atom stereocenters. The molecule has 3 heteroatoms. The highest BCUT2D eigenvalue weighted by atomic mass is 31.1. The van der Waals surface area contributed by atoms with Gasteiger partial charge < -0.3 is 9.47 Å². The van der Waals surface area contributed by atoms with Gasteiger partial charge in [-0.3, -0.25) is 0 Å². The van der Waals surface area contributed by atoms with Gasteiger partial charge in [-0.1, -0.05) is 42.5 Å². The monoisotopic (exact) mass is 376 g/mol. The molecule has 1 aliphatic carbocycles. The normalized spacial score (nSPS) is 13.3. The fourth-order valence-electron chi connectivity index (χ4n) is 3.77. The molecule has 0 atom stereocenters. The number of fused-ring (bicyclic) bond motifs is 1. The largest absolute Gasteiger partial charge is 0.497 e. The summed E-state index contributed by atoms with van der Waals surface area (Å²) >= 11 is 0. The van der Waals surface area contributed by atoms with E-state index in [1.165, 1.54) is 52.7 Å². The number of methoxy groups -OCH3 is 2. The van der Waals surface area contributed by atoms with Gasteiger partial charge >= 0.3 is 0 Å². The topological polar surface area (TPSA) is 18.5 Å². The highest BCUT2D eigenvalue weighted by molar-refractivity contribution is 7.79. The second-order valence-electron chi connectivity index (χ2n) is 6.89. The second kappa shape index (κ2) is 8.15. The van der Waals surface area contributed by atoms with E-state index in [-0.39, 0.29) is 0 Å². The minimum absolute atomic E-state index is 0.607. The van der Waals surface area contributed by atoms with Crippen LogP contribution in [0.5, 0.6) is 11.5 Å². The summed E-state index contributed by atoms with van der Waals surface area (Å²) in [6, 6.07) is 24.2. The molecule has 0 fully saturated rings. The Morgan fingerprint density at radius 2 is 1.07 bits per heavy atom. The van der Waals surface area contributed by atoms with Gasteiger partial charge in [0.15, 0.2) is 0 Å². The third-order valence-corrected chi connectivity index (χ3v) is 7.68. The Bertz CT molecular complexity index is 853. The lowest BCUT2D eigenvalue weighted by atomic mass is 9.92. The van der Waals surface area contributed by atoms with E-state index in [0.29, 0.717) is 0 Å². The number of aryl methyl sites for hydroxylation is 2. The molecule has 0 spiro atoms. The second-order valence-corrected chi connectivity index (χ2v) is 9.11. The van der Waals surface area contributed by atoms with E-state index in [4.69, 9.17) is 9.47 Å². The van der Waals surface area contributed by atoms with Crippen LogP contribution in [0.25, 0.3) is 0 Å². The maximum atomic E-state index is 5.36. The molecule has 0 radical (unpaired) electrons. The van der Waals surface area contributed by atoms with Crippen molar-refractivity contribution < 1.29 is 9.47 Å². The van der Waals surface area contributed by atoms with E-state index in [1.807, 2.05) is 0 Å². The van der Waals surface area contributed by atoms with Crippen LogP contribution >= 0.6 is 7.92 Å². The standard InChI is InChI=1S/C24H25O2P/c1-25-20-8-13-22(14-9-20)27(23-15-10-21(26-2)11-16-23)24-12-7-18-5-3-4-6-19(18)17-24/h7-17H,3-6H2,1-2H3. The van der Waals surface area contributed by atoms with E-state index >= 15 is 0 Å². The summed E-state index contributed by atoms with van der Waals surface area (Å²) in [7, 11) is 2.82. The molecule has 0 bridgehead atoms. The highest BCUT2D eigenvalue weighted by Gasteiger charge is 2.19. The summed E-state index contributed by atoms with van der Waals surface area (Å²) < 4.78 is 10.7. The van der Waals surface area contributed by atoms with Crippen molar-refractivity contribution in [3.8, 4) is 11.5 Å². The number of hydrogen-bond donors (Lipinski definition) is 0. The minimum Gasteiger partial charge on any atom is -0.497 e. The third-order valence-electron chi connectivity index (χ3n) is 5.25. The van der Waals surface area contributed by atoms with Crippen LogP contribution < -0.4 is 25.4 Å². The lowest BCUT2D eigenvalue weighted by molar-refractivity contribution is 0.415. The number of benzene rings is 3. The zero-order valence-electron chi connectivity index (χ0n) is 15.9. The maximum Gasteiger partial charge on any atom is 0.118 e. The molecule has 3 aromatic carbocycles. The zero-order chi connectivity index (χ0) is 18.6. The van der Waals surface area contributed by atoms with E-state index < -0.39 is 7.92 Å². The van der Waals surface area contributed by atoms with Crippen LogP contribution in [0.1, 0.15) is 24.0 Å². The van der Waals surface area contributed by atoms with Gasteiger partial charge in [-0.05, 0) is 84.9 Å². The van der Waals surface area contributed by atoms with Gasteiger partial charge in [0.1, 0.15) is 11.5 Å². The third kappa shape index (κ3) is 3.87. The molecule has 0 heterocycles. The lowest BCUT2D eigenvalue weighted by Gasteiger charge is -2.23. The fourth-order valence-corrected chi connectivity index (χ4v) is 6.07. The molecule has 0 N–H and O–H groups in total. The SMILES string of the molecule is COc1ccc(P(c2ccc(OC)cc2)c2ccc3c(c2)CCCC3)cc1. The van der Waals surface area contributed by atoms with Gasteiger partial charge in [-0.25, -0.2) is 0 Å². The summed E-state index contributed by atoms with van der Waals surface area (Å²) in [5, 5.41) is 4.10. The van der Waals surface area contributed by atoms with Gasteiger partial charge in [0.25, 0.3) is 0 Å². The van der Waals surface area contributed by atoms with Crippen LogP contribution in [0.15, 0.2) is 66.7 Å². The predicted octanol–water partition coefficient (Wildman–Crippen LogP) is 4.34. The first kappa shape index (κ1) is 18.1. The van der Waals surface area contributed by atoms with Crippen LogP contribution in [0.4, 0.5) is 0 Å². The Balaban J connectivity index is 1.79. The molecule has 0 aliphatic heterocycles. The number of hydrogen-bond acceptors (Lipinski definition) is 2. The Morgan fingerprint density at radius 1 is 0.593 bits per heavy atom. The fraction of sp³-hybridized carbons (Fsp3) is 0.250. The predicted molar refractivity (Wildman–Crippen MR) is 115 cm³/mol. The van der Waals surface area contributed by atoms with Crippen molar-refractivity contribution in [2.24, 2.45) is 0 Å². The maximum absolute atomic E-state index is 5.36. The van der Waals surface area contributed by atoms with Gasteiger partial charge in [-0.2, -0.15) is 0 Å². The highest BCUT2D eigenvalue weighted by Crippen LogP contribution is 2.35. The summed E-state index contributed by atoms with van der Waals surface area (Å²) in [6.45, 7) is 0. The molecule has 3 aromatic rings. The molecule has 27 heavy (non-hydrogen) atoms. The Labute approximate surface area is 162 Å². The van der Waals surface area contributed by atoms with E-state index in [9.17, 15) is 0 Å². The van der Waals surface area contributed by atoms with Crippen LogP contribution in [0.2, 0.25) is 0 Å². The van der Waals surface area contributed by atoms with E-state index in [1.54, 1.807) is 14.2 Å². The van der Waals surface area contributed by atoms with E-state index in [0.717, 1.165) is 11.5 Å². The molecular formula is C24H25O2P. The van der Waals surface area contributed by atoms with E-state index in [2.05, 4.69) is 66.7 Å². The number of rotatable bonds is 5. The van der Waals surface area contributed by atoms with Gasteiger partial charge in [0, 0.05) is 0 Å². The molecule has 4 rings (SSSR count). The van der Waals surface area contributed by atoms with Crippen molar-refractivity contribution in [2.75, 3.05) is 14.2 Å². The zero-order valence-corrected chi connectivity index (χ0v) is 16.8. The van der Waals surface area contributed by atoms with Gasteiger partial charge in [0.2, 0.25) is 0 Å². The van der Waals surface area contributed by atoms with Gasteiger partial charge in [-0.15, -0.1) is 0 Å². The quantitative estimate of drug-likeness (QED) is 0.617. The molecular weight excluding hydrogens is 351 g/mol. The molecule has 1 aliphatic rings. The van der Waals surface area contributed by atoms with Crippen molar-refractivity contribution in [2.45, 2.75) is 25.7 Å². The lowest BCUT2D eigenvalue weighted by Crippen LogP contribution is -2.22. The molecule has 2 nitrogen and oxygen atoms in total. The van der Waals surface area contributed by atoms with Crippen LogP contribution in [0.3, 0.4) is 0 Å². The molecule has 0 saturated carbocycles. The molecule has 138 valence electrons. The Morgan fingerprint density at radius 3 is 1.59 bits per heavy atom. The van der Waals surface area contributed by atoms with Crippen molar-refractivity contribution in [1.82, 2.24) is 0 Å². The Kier molecular flexibility index (Phi) is 5.45. The summed E-state index contributed by atoms with van der Waals surface area (Å²) in [6.07, 6.45) is 5.05.